The molecule has 0 spiro atoms. The Morgan fingerprint density at radius 1 is 1.14 bits per heavy atom. The van der Waals surface area contributed by atoms with Gasteiger partial charge in [-0.2, -0.15) is 0 Å². The first-order valence-corrected chi connectivity index (χ1v) is 11.6. The molecule has 4 nitrogen and oxygen atoms in total. The van der Waals surface area contributed by atoms with Crippen LogP contribution in [0.1, 0.15) is 72.1 Å². The molecule has 3 fully saturated rings. The smallest absolute Gasteiger partial charge is 0.331 e. The Morgan fingerprint density at radius 2 is 1.97 bits per heavy atom. The normalized spacial score (nSPS) is 46.0. The predicted molar refractivity (Wildman–Crippen MR) is 110 cm³/mol. The molecule has 5 rings (SSSR count). The first-order valence-electron chi connectivity index (χ1n) is 11.6. The van der Waals surface area contributed by atoms with Crippen molar-refractivity contribution in [1.82, 2.24) is 0 Å². The summed E-state index contributed by atoms with van der Waals surface area (Å²) in [7, 11) is 0. The Balaban J connectivity index is 1.39. The maximum atomic E-state index is 11.7. The summed E-state index contributed by atoms with van der Waals surface area (Å²) in [6.45, 7) is 7.02. The molecule has 0 aromatic heterocycles. The summed E-state index contributed by atoms with van der Waals surface area (Å²) >= 11 is 0. The van der Waals surface area contributed by atoms with Gasteiger partial charge in [-0.15, -0.1) is 0 Å². The zero-order chi connectivity index (χ0) is 20.4. The average molecular weight is 399 g/mol. The van der Waals surface area contributed by atoms with Crippen LogP contribution in [-0.4, -0.2) is 24.6 Å². The van der Waals surface area contributed by atoms with E-state index in [1.54, 1.807) is 11.6 Å². The Kier molecular flexibility index (Phi) is 4.49. The highest BCUT2D eigenvalue weighted by Gasteiger charge is 2.59. The summed E-state index contributed by atoms with van der Waals surface area (Å²) in [5.74, 6) is 2.44. The van der Waals surface area contributed by atoms with E-state index in [0.29, 0.717) is 17.9 Å². The third-order valence-corrected chi connectivity index (χ3v) is 9.52. The van der Waals surface area contributed by atoms with Crippen molar-refractivity contribution in [3.05, 3.63) is 23.3 Å². The van der Waals surface area contributed by atoms with Gasteiger partial charge in [0.2, 0.25) is 0 Å². The highest BCUT2D eigenvalue weighted by atomic mass is 16.5. The fourth-order valence-electron chi connectivity index (χ4n) is 8.16. The molecule has 0 aromatic carbocycles. The van der Waals surface area contributed by atoms with Crippen LogP contribution in [0.25, 0.3) is 0 Å². The van der Waals surface area contributed by atoms with E-state index in [2.05, 4.69) is 19.9 Å². The van der Waals surface area contributed by atoms with Crippen LogP contribution < -0.4 is 0 Å². The van der Waals surface area contributed by atoms with Crippen molar-refractivity contribution < 1.29 is 19.1 Å². The van der Waals surface area contributed by atoms with E-state index in [9.17, 15) is 9.59 Å². The number of rotatable bonds is 2. The van der Waals surface area contributed by atoms with Crippen LogP contribution in [-0.2, 0) is 19.1 Å². The molecule has 29 heavy (non-hydrogen) atoms. The van der Waals surface area contributed by atoms with Gasteiger partial charge in [0.1, 0.15) is 12.7 Å². The first-order chi connectivity index (χ1) is 13.8. The van der Waals surface area contributed by atoms with Gasteiger partial charge in [0.25, 0.3) is 0 Å². The predicted octanol–water partition coefficient (Wildman–Crippen LogP) is 4.98. The van der Waals surface area contributed by atoms with Gasteiger partial charge in [-0.1, -0.05) is 25.5 Å². The molecule has 1 aliphatic heterocycles. The first kappa shape index (κ1) is 19.4. The molecule has 7 atom stereocenters. The Bertz CT molecular complexity index is 795. The van der Waals surface area contributed by atoms with Crippen LogP contribution in [0.4, 0.5) is 0 Å². The quantitative estimate of drug-likeness (QED) is 0.486. The molecule has 0 radical (unpaired) electrons. The molecule has 0 bridgehead atoms. The topological polar surface area (TPSA) is 52.6 Å². The summed E-state index contributed by atoms with van der Waals surface area (Å²) in [4.78, 5) is 23.1. The van der Waals surface area contributed by atoms with Crippen LogP contribution in [0.15, 0.2) is 23.3 Å². The molecule has 0 aromatic rings. The van der Waals surface area contributed by atoms with E-state index in [1.807, 2.05) is 0 Å². The molecule has 4 aliphatic carbocycles. The van der Waals surface area contributed by atoms with Gasteiger partial charge < -0.3 is 9.47 Å². The highest BCUT2D eigenvalue weighted by Crippen LogP contribution is 2.67. The minimum atomic E-state index is -0.151. The van der Waals surface area contributed by atoms with Crippen molar-refractivity contribution in [2.24, 2.45) is 34.5 Å². The second-order valence-electron chi connectivity index (χ2n) is 10.7. The third kappa shape index (κ3) is 2.92. The largest absolute Gasteiger partial charge is 0.462 e. The minimum Gasteiger partial charge on any atom is -0.462 e. The molecule has 3 saturated carbocycles. The van der Waals surface area contributed by atoms with E-state index in [0.717, 1.165) is 37.0 Å². The maximum Gasteiger partial charge on any atom is 0.331 e. The summed E-state index contributed by atoms with van der Waals surface area (Å²) < 4.78 is 10.8. The van der Waals surface area contributed by atoms with Gasteiger partial charge in [-0.25, -0.2) is 4.79 Å². The van der Waals surface area contributed by atoms with Crippen LogP contribution in [0.2, 0.25) is 0 Å². The van der Waals surface area contributed by atoms with E-state index in [-0.39, 0.29) is 23.5 Å². The Labute approximate surface area is 174 Å². The van der Waals surface area contributed by atoms with Crippen LogP contribution in [0.5, 0.6) is 0 Å². The molecule has 0 amide bonds. The monoisotopic (exact) mass is 398 g/mol. The van der Waals surface area contributed by atoms with Crippen molar-refractivity contribution in [3.8, 4) is 0 Å². The number of cyclic esters (lactones) is 1. The summed E-state index contributed by atoms with van der Waals surface area (Å²) in [5, 5.41) is 0. The lowest BCUT2D eigenvalue weighted by Crippen LogP contribution is -2.50. The van der Waals surface area contributed by atoms with Crippen molar-refractivity contribution in [2.45, 2.75) is 78.2 Å². The van der Waals surface area contributed by atoms with Crippen molar-refractivity contribution >= 4 is 11.9 Å². The minimum absolute atomic E-state index is 0.0694. The van der Waals surface area contributed by atoms with Crippen molar-refractivity contribution in [3.63, 3.8) is 0 Å². The maximum absolute atomic E-state index is 11.7. The van der Waals surface area contributed by atoms with Gasteiger partial charge in [0.15, 0.2) is 0 Å². The number of hydrogen-bond acceptors (Lipinski definition) is 4. The van der Waals surface area contributed by atoms with Gasteiger partial charge in [0.05, 0.1) is 0 Å². The molecule has 7 unspecified atom stereocenters. The lowest BCUT2D eigenvalue weighted by molar-refractivity contribution is -0.148. The number of fused-ring (bicyclic) bond motifs is 5. The average Bonchev–Trinajstić information content (AvgIpc) is 3.24. The number of hydrogen-bond donors (Lipinski definition) is 0. The molecular formula is C25H34O4. The number of carbonyl (C=O) groups is 2. The second-order valence-corrected chi connectivity index (χ2v) is 10.7. The fourth-order valence-corrected chi connectivity index (χ4v) is 8.16. The number of ether oxygens (including phenoxy) is 2. The highest BCUT2D eigenvalue weighted by molar-refractivity contribution is 5.85. The van der Waals surface area contributed by atoms with Crippen molar-refractivity contribution in [1.29, 1.82) is 0 Å². The fraction of sp³-hybridized carbons (Fsp3) is 0.760. The number of carbonyl (C=O) groups excluding carboxylic acids is 2. The van der Waals surface area contributed by atoms with Crippen molar-refractivity contribution in [2.75, 3.05) is 6.61 Å². The molecular weight excluding hydrogens is 364 g/mol. The molecule has 5 aliphatic rings. The molecule has 158 valence electrons. The van der Waals surface area contributed by atoms with Crippen LogP contribution in [0, 0.1) is 34.5 Å². The van der Waals surface area contributed by atoms with E-state index in [4.69, 9.17) is 9.47 Å². The van der Waals surface area contributed by atoms with Gasteiger partial charge in [-0.05, 0) is 85.0 Å². The second kappa shape index (κ2) is 6.72. The summed E-state index contributed by atoms with van der Waals surface area (Å²) in [5.41, 5.74) is 3.37. The number of allylic oxidation sites excluding steroid dienone is 1. The Morgan fingerprint density at radius 3 is 2.69 bits per heavy atom. The SMILES string of the molecule is CC(=O)OC1CCC2(C)C(=CCC3C2CCC2(C)C(C4=CC(=O)OC4)CCC32)C1. The van der Waals surface area contributed by atoms with Gasteiger partial charge in [0, 0.05) is 19.4 Å². The Hall–Kier alpha value is -1.58. The molecule has 0 N–H and O–H groups in total. The number of esters is 2. The summed E-state index contributed by atoms with van der Waals surface area (Å²) in [6.07, 6.45) is 13.6. The molecule has 4 heteroatoms. The third-order valence-electron chi connectivity index (χ3n) is 9.52. The molecule has 1 heterocycles. The zero-order valence-corrected chi connectivity index (χ0v) is 18.0. The lowest BCUT2D eigenvalue weighted by Gasteiger charge is -2.58. The molecule has 0 saturated heterocycles. The van der Waals surface area contributed by atoms with E-state index < -0.39 is 0 Å². The van der Waals surface area contributed by atoms with E-state index >= 15 is 0 Å². The van der Waals surface area contributed by atoms with Crippen LogP contribution in [0.3, 0.4) is 0 Å². The standard InChI is InChI=1S/C25H34O4/c1-15(26)29-18-8-10-24(2)17(13-18)4-5-19-21-7-6-20(16-12-23(27)28-14-16)25(21,3)11-9-22(19)24/h4,12,18-22H,5-11,13-14H2,1-3H3. The van der Waals surface area contributed by atoms with Gasteiger partial charge >= 0.3 is 11.9 Å². The van der Waals surface area contributed by atoms with Gasteiger partial charge in [-0.3, -0.25) is 4.79 Å². The van der Waals surface area contributed by atoms with E-state index in [1.165, 1.54) is 44.6 Å². The lowest BCUT2D eigenvalue weighted by atomic mass is 9.47. The zero-order valence-electron chi connectivity index (χ0n) is 18.0. The van der Waals surface area contributed by atoms with Crippen LogP contribution >= 0.6 is 0 Å². The summed E-state index contributed by atoms with van der Waals surface area (Å²) in [6, 6.07) is 0.